The van der Waals surface area contributed by atoms with Gasteiger partial charge in [0.1, 0.15) is 0 Å². The summed E-state index contributed by atoms with van der Waals surface area (Å²) in [5, 5.41) is 0. The van der Waals surface area contributed by atoms with E-state index in [4.69, 9.17) is 17.7 Å². The summed E-state index contributed by atoms with van der Waals surface area (Å²) < 4.78 is 31.1. The Labute approximate surface area is 118 Å². The summed E-state index contributed by atoms with van der Waals surface area (Å²) in [6, 6.07) is 7.15. The molecule has 0 amide bonds. The molecule has 5 nitrogen and oxygen atoms in total. The van der Waals surface area contributed by atoms with Crippen LogP contribution in [0.15, 0.2) is 28.7 Å². The molecule has 0 aliphatic carbocycles. The molecular weight excluding hydrogens is 348 g/mol. The Kier molecular flexibility index (Phi) is 7.46. The summed E-state index contributed by atoms with van der Waals surface area (Å²) in [7, 11) is -0.137. The smallest absolute Gasteiger partial charge is 0.353 e. The zero-order valence-electron chi connectivity index (χ0n) is 9.63. The zero-order chi connectivity index (χ0) is 14.3. The van der Waals surface area contributed by atoms with Crippen molar-refractivity contribution < 1.29 is 22.5 Å². The zero-order valence-corrected chi connectivity index (χ0v) is 12.8. The van der Waals surface area contributed by atoms with E-state index in [0.29, 0.717) is 5.56 Å². The van der Waals surface area contributed by atoms with Crippen LogP contribution < -0.4 is 0 Å². The van der Waals surface area contributed by atoms with Gasteiger partial charge in [-0.25, -0.2) is 4.79 Å². The van der Waals surface area contributed by atoms with Crippen LogP contribution in [0.4, 0.5) is 0 Å². The lowest BCUT2D eigenvalue weighted by Crippen LogP contribution is -2.11. The number of benzene rings is 1. The third kappa shape index (κ3) is 10.5. The first kappa shape index (κ1) is 17.4. The second kappa shape index (κ2) is 7.73. The highest BCUT2D eigenvalue weighted by atomic mass is 79.9. The molecule has 0 aliphatic rings. The molecule has 0 aromatic heterocycles. The fourth-order valence-corrected chi connectivity index (χ4v) is 1.30. The van der Waals surface area contributed by atoms with E-state index in [0.717, 1.165) is 4.47 Å². The maximum Gasteiger partial charge on any atom is 0.353 e. The molecule has 18 heavy (non-hydrogen) atoms. The second-order valence-electron chi connectivity index (χ2n) is 3.38. The highest BCUT2D eigenvalue weighted by Crippen LogP contribution is 2.12. The maximum atomic E-state index is 11.4. The predicted molar refractivity (Wildman–Crippen MR) is 72.1 cm³/mol. The summed E-state index contributed by atoms with van der Waals surface area (Å²) in [6.07, 6.45) is -0.0773. The van der Waals surface area contributed by atoms with E-state index in [1.807, 2.05) is 19.9 Å². The fraction of sp³-hybridized carbons (Fsp3) is 0.300. The molecule has 0 heterocycles. The van der Waals surface area contributed by atoms with Crippen molar-refractivity contribution in [2.45, 2.75) is 20.0 Å². The minimum absolute atomic E-state index is 0.0773. The van der Waals surface area contributed by atoms with Crippen LogP contribution >= 0.6 is 26.6 Å². The van der Waals surface area contributed by atoms with Crippen LogP contribution in [0, 0.1) is 0 Å². The van der Waals surface area contributed by atoms with E-state index in [2.05, 4.69) is 26.6 Å². The fourth-order valence-electron chi connectivity index (χ4n) is 0.898. The number of ether oxygens (including phenoxy) is 1. The topological polar surface area (TPSA) is 80.7 Å². The highest BCUT2D eigenvalue weighted by molar-refractivity contribution is 9.10. The van der Waals surface area contributed by atoms with Crippen molar-refractivity contribution in [3.05, 3.63) is 34.3 Å². The molecule has 0 radical (unpaired) electrons. The summed E-state index contributed by atoms with van der Waals surface area (Å²) >= 11 is 3.29. The SMILES string of the molecule is CC(C)OC(=O)c1cccc(Br)c1.O=S(=O)(O)Cl. The standard InChI is InChI=1S/C10H11BrO2.ClHO3S/c1-7(2)13-10(12)8-4-3-5-9(11)6-8;1-5(2,3)4/h3-7H,1-2H3;(H,2,3,4). The van der Waals surface area contributed by atoms with Crippen LogP contribution in [0.1, 0.15) is 24.2 Å². The lowest BCUT2D eigenvalue weighted by Gasteiger charge is -2.07. The van der Waals surface area contributed by atoms with E-state index in [1.54, 1.807) is 18.2 Å². The molecular formula is C10H12BrClO5S. The van der Waals surface area contributed by atoms with Crippen LogP contribution in [0.3, 0.4) is 0 Å². The minimum Gasteiger partial charge on any atom is -0.459 e. The van der Waals surface area contributed by atoms with Gasteiger partial charge in [-0.2, -0.15) is 8.42 Å². The van der Waals surface area contributed by atoms with Gasteiger partial charge in [-0.3, -0.25) is 4.55 Å². The summed E-state index contributed by atoms with van der Waals surface area (Å²) in [4.78, 5) is 11.4. The number of esters is 1. The number of carbonyl (C=O) groups is 1. The molecule has 0 spiro atoms. The Hall–Kier alpha value is -0.630. The van der Waals surface area contributed by atoms with Gasteiger partial charge in [-0.1, -0.05) is 22.0 Å². The first-order valence-corrected chi connectivity index (χ1v) is 7.79. The largest absolute Gasteiger partial charge is 0.459 e. The molecule has 1 aromatic carbocycles. The van der Waals surface area contributed by atoms with Gasteiger partial charge in [0.25, 0.3) is 0 Å². The molecule has 102 valence electrons. The molecule has 0 saturated heterocycles. The Balaban J connectivity index is 0.000000494. The van der Waals surface area contributed by atoms with Crippen molar-refractivity contribution >= 4 is 41.9 Å². The number of hydrogen-bond donors (Lipinski definition) is 1. The Morgan fingerprint density at radius 3 is 2.33 bits per heavy atom. The Morgan fingerprint density at radius 1 is 1.44 bits per heavy atom. The van der Waals surface area contributed by atoms with E-state index in [1.165, 1.54) is 0 Å². The average Bonchev–Trinajstić information content (AvgIpc) is 2.13. The molecule has 0 bridgehead atoms. The van der Waals surface area contributed by atoms with Crippen molar-refractivity contribution in [2.75, 3.05) is 0 Å². The van der Waals surface area contributed by atoms with Gasteiger partial charge >= 0.3 is 15.3 Å². The second-order valence-corrected chi connectivity index (χ2v) is 6.29. The number of halogens is 2. The molecule has 8 heteroatoms. The van der Waals surface area contributed by atoms with Crippen LogP contribution in [0.5, 0.6) is 0 Å². The summed E-state index contributed by atoms with van der Waals surface area (Å²) in [5.74, 6) is -0.281. The van der Waals surface area contributed by atoms with Crippen molar-refractivity contribution in [1.29, 1.82) is 0 Å². The third-order valence-electron chi connectivity index (χ3n) is 1.40. The van der Waals surface area contributed by atoms with Crippen molar-refractivity contribution in [3.8, 4) is 0 Å². The van der Waals surface area contributed by atoms with E-state index in [-0.39, 0.29) is 12.1 Å². The molecule has 0 atom stereocenters. The van der Waals surface area contributed by atoms with E-state index in [9.17, 15) is 4.79 Å². The van der Waals surface area contributed by atoms with Crippen molar-refractivity contribution in [1.82, 2.24) is 0 Å². The number of hydrogen-bond acceptors (Lipinski definition) is 4. The van der Waals surface area contributed by atoms with Crippen LogP contribution in [0.2, 0.25) is 0 Å². The van der Waals surface area contributed by atoms with Crippen LogP contribution in [-0.4, -0.2) is 25.0 Å². The van der Waals surface area contributed by atoms with Gasteiger partial charge in [0.15, 0.2) is 0 Å². The summed E-state index contributed by atoms with van der Waals surface area (Å²) in [6.45, 7) is 3.66. The predicted octanol–water partition coefficient (Wildman–Crippen LogP) is 3.04. The van der Waals surface area contributed by atoms with Crippen LogP contribution in [0.25, 0.3) is 0 Å². The molecule has 1 aromatic rings. The third-order valence-corrected chi connectivity index (χ3v) is 1.90. The Bertz CT molecular complexity index is 493. The maximum absolute atomic E-state index is 11.4. The van der Waals surface area contributed by atoms with Crippen LogP contribution in [-0.2, 0) is 14.1 Å². The number of rotatable bonds is 2. The van der Waals surface area contributed by atoms with Gasteiger partial charge in [0.2, 0.25) is 0 Å². The molecule has 0 fully saturated rings. The lowest BCUT2D eigenvalue weighted by atomic mass is 10.2. The molecule has 0 aliphatic heterocycles. The van der Waals surface area contributed by atoms with Gasteiger partial charge < -0.3 is 4.74 Å². The normalized spacial score (nSPS) is 10.6. The van der Waals surface area contributed by atoms with Crippen molar-refractivity contribution in [2.24, 2.45) is 0 Å². The van der Waals surface area contributed by atoms with E-state index >= 15 is 0 Å². The monoisotopic (exact) mass is 358 g/mol. The van der Waals surface area contributed by atoms with Gasteiger partial charge in [-0.15, -0.1) is 0 Å². The first-order chi connectivity index (χ1) is 8.09. The lowest BCUT2D eigenvalue weighted by molar-refractivity contribution is 0.0378. The molecule has 0 saturated carbocycles. The van der Waals surface area contributed by atoms with Gasteiger partial charge in [-0.05, 0) is 32.0 Å². The van der Waals surface area contributed by atoms with Crippen molar-refractivity contribution in [3.63, 3.8) is 0 Å². The molecule has 1 rings (SSSR count). The highest BCUT2D eigenvalue weighted by Gasteiger charge is 2.08. The van der Waals surface area contributed by atoms with Gasteiger partial charge in [0, 0.05) is 15.2 Å². The van der Waals surface area contributed by atoms with Gasteiger partial charge in [0.05, 0.1) is 11.7 Å². The minimum atomic E-state index is -4.19. The quantitative estimate of drug-likeness (QED) is 0.499. The van der Waals surface area contributed by atoms with E-state index < -0.39 is 9.33 Å². The average molecular weight is 360 g/mol. The first-order valence-electron chi connectivity index (χ1n) is 4.73. The summed E-state index contributed by atoms with van der Waals surface area (Å²) in [5.41, 5.74) is 0.572. The molecule has 1 N–H and O–H groups in total. The number of carbonyl (C=O) groups excluding carboxylic acids is 1. The Morgan fingerprint density at radius 2 is 1.94 bits per heavy atom. The molecule has 0 unspecified atom stereocenters.